The summed E-state index contributed by atoms with van der Waals surface area (Å²) in [5, 5.41) is 9.38. The Bertz CT molecular complexity index is 1280. The average molecular weight is 520 g/mol. The summed E-state index contributed by atoms with van der Waals surface area (Å²) in [5.74, 6) is 0.662. The van der Waals surface area contributed by atoms with E-state index in [-0.39, 0.29) is 38.6 Å². The van der Waals surface area contributed by atoms with E-state index in [1.54, 1.807) is 30.5 Å². The Hall–Kier alpha value is -3.20. The maximum Gasteiger partial charge on any atom is 2.00 e. The molecule has 5 nitrogen and oxygen atoms in total. The molecule has 154 valence electrons. The van der Waals surface area contributed by atoms with Crippen molar-refractivity contribution in [1.82, 2.24) is 14.5 Å². The molecule has 3 aromatic rings. The number of fused-ring (bicyclic) bond motifs is 1. The van der Waals surface area contributed by atoms with Crippen molar-refractivity contribution in [3.63, 3.8) is 0 Å². The first-order valence-electron chi connectivity index (χ1n) is 9.88. The van der Waals surface area contributed by atoms with Crippen LogP contribution in [0.15, 0.2) is 89.9 Å². The third-order valence-electron chi connectivity index (χ3n) is 4.78. The molecule has 0 radical (unpaired) electrons. The van der Waals surface area contributed by atoms with Gasteiger partial charge in [0.1, 0.15) is 11.4 Å². The fourth-order valence-electron chi connectivity index (χ4n) is 3.12. The Balaban J connectivity index is 0.000000311. The van der Waals surface area contributed by atoms with Crippen LogP contribution in [0, 0.1) is 19.2 Å². The zero-order valence-corrected chi connectivity index (χ0v) is 21.8. The van der Waals surface area contributed by atoms with Crippen molar-refractivity contribution in [1.29, 1.82) is 0 Å². The number of aromatic nitrogens is 3. The Morgan fingerprint density at radius 1 is 1.00 bits per heavy atom. The predicted octanol–water partition coefficient (Wildman–Crippen LogP) is 4.55. The Kier molecular flexibility index (Phi) is 7.99. The molecule has 2 aliphatic rings. The van der Waals surface area contributed by atoms with Gasteiger partial charge < -0.3 is 10.1 Å². The van der Waals surface area contributed by atoms with Crippen LogP contribution in [0.4, 0.5) is 0 Å². The molecule has 0 spiro atoms. The van der Waals surface area contributed by atoms with Crippen LogP contribution in [0.5, 0.6) is 5.75 Å². The molecule has 6 heteroatoms. The monoisotopic (exact) mass is 521 g/mol. The quantitative estimate of drug-likeness (QED) is 0.271. The Morgan fingerprint density at radius 3 is 2.31 bits per heavy atom. The van der Waals surface area contributed by atoms with E-state index in [9.17, 15) is 9.90 Å². The molecule has 2 heterocycles. The molecule has 0 saturated carbocycles. The summed E-state index contributed by atoms with van der Waals surface area (Å²) in [6, 6.07) is 27.3. The minimum Gasteiger partial charge on any atom is -0.519 e. The van der Waals surface area contributed by atoms with Crippen LogP contribution in [0.3, 0.4) is 0 Å². The SMILES string of the molecule is Cc1cc[c-]cc1.O=c1c(Cc2ccccc2)nc2[c-][nH]c(-c3ccc(O)cc3)cn1-2.[Cd+2]. The van der Waals surface area contributed by atoms with E-state index >= 15 is 0 Å². The smallest absolute Gasteiger partial charge is 0.519 e. The number of phenolic OH excluding ortho intramolecular Hbond substituents is 1. The van der Waals surface area contributed by atoms with Gasteiger partial charge in [0.25, 0.3) is 5.56 Å². The maximum absolute atomic E-state index is 12.6. The second-order valence-corrected chi connectivity index (χ2v) is 7.14. The van der Waals surface area contributed by atoms with Gasteiger partial charge in [-0.05, 0) is 23.9 Å². The van der Waals surface area contributed by atoms with Gasteiger partial charge in [0.2, 0.25) is 0 Å². The van der Waals surface area contributed by atoms with E-state index < -0.39 is 0 Å². The van der Waals surface area contributed by atoms with Crippen LogP contribution in [0.25, 0.3) is 17.1 Å². The van der Waals surface area contributed by atoms with Crippen molar-refractivity contribution in [2.45, 2.75) is 13.3 Å². The first kappa shape index (κ1) is 23.5. The van der Waals surface area contributed by atoms with Gasteiger partial charge in [-0.3, -0.25) is 9.36 Å². The maximum atomic E-state index is 12.6. The molecule has 0 fully saturated rings. The number of nitrogens with zero attached hydrogens (tertiary/aromatic N) is 2. The van der Waals surface area contributed by atoms with Crippen molar-refractivity contribution in [3.05, 3.63) is 124 Å². The van der Waals surface area contributed by atoms with Gasteiger partial charge in [-0.15, -0.1) is 6.20 Å². The number of phenols is 1. The third kappa shape index (κ3) is 5.73. The number of hydrogen-bond acceptors (Lipinski definition) is 3. The fourth-order valence-corrected chi connectivity index (χ4v) is 3.12. The number of aromatic amines is 1. The zero-order chi connectivity index (χ0) is 21.6. The first-order valence-corrected chi connectivity index (χ1v) is 9.88. The third-order valence-corrected chi connectivity index (χ3v) is 4.78. The molecule has 2 aliphatic heterocycles. The van der Waals surface area contributed by atoms with E-state index in [1.165, 1.54) is 10.1 Å². The molecule has 5 rings (SSSR count). The summed E-state index contributed by atoms with van der Waals surface area (Å²) >= 11 is 0. The molecular formula is C26H21CdN3O2. The fraction of sp³-hybridized carbons (Fsp3) is 0.0769. The van der Waals surface area contributed by atoms with Crippen molar-refractivity contribution in [2.24, 2.45) is 0 Å². The Labute approximate surface area is 206 Å². The molecule has 0 saturated heterocycles. The summed E-state index contributed by atoms with van der Waals surface area (Å²) < 4.78 is 1.50. The standard InChI is InChI=1S/C19H14N3O2.C7H7.Cd/c23-15-8-6-14(7-9-15)17-12-22-18(11-20-17)21-16(19(22)24)10-13-4-2-1-3-5-13;1-7-5-3-2-4-6-7;/h1-9,12,20,23H,10H2;3-6H,1H3;/q2*-1;+2. The van der Waals surface area contributed by atoms with Gasteiger partial charge in [0.05, 0.1) is 5.82 Å². The summed E-state index contributed by atoms with van der Waals surface area (Å²) in [6.07, 6.45) is 5.14. The summed E-state index contributed by atoms with van der Waals surface area (Å²) in [6.45, 7) is 2.06. The number of nitrogens with one attached hydrogen (secondary N) is 1. The number of H-pyrrole nitrogens is 1. The number of rotatable bonds is 3. The molecule has 32 heavy (non-hydrogen) atoms. The molecule has 2 N–H and O–H groups in total. The van der Waals surface area contributed by atoms with Crippen molar-refractivity contribution < 1.29 is 32.4 Å². The van der Waals surface area contributed by atoms with Crippen LogP contribution in [-0.2, 0) is 33.7 Å². The number of benzene rings is 3. The zero-order valence-electron chi connectivity index (χ0n) is 17.7. The second-order valence-electron chi connectivity index (χ2n) is 7.14. The average Bonchev–Trinajstić information content (AvgIpc) is 3.11. The Morgan fingerprint density at radius 2 is 1.69 bits per heavy atom. The van der Waals surface area contributed by atoms with Crippen molar-refractivity contribution >= 4 is 0 Å². The number of aromatic hydroxyl groups is 1. The van der Waals surface area contributed by atoms with E-state index in [0.29, 0.717) is 17.9 Å². The van der Waals surface area contributed by atoms with Crippen LogP contribution in [-0.4, -0.2) is 19.6 Å². The van der Waals surface area contributed by atoms with Gasteiger partial charge in [0, 0.05) is 6.42 Å². The molecule has 0 bridgehead atoms. The number of aryl methyl sites for hydroxylation is 1. The van der Waals surface area contributed by atoms with E-state index in [2.05, 4.69) is 29.2 Å². The first-order chi connectivity index (χ1) is 15.1. The molecule has 0 atom stereocenters. The van der Waals surface area contributed by atoms with E-state index in [1.807, 2.05) is 54.6 Å². The van der Waals surface area contributed by atoms with Crippen LogP contribution < -0.4 is 5.56 Å². The molecule has 0 aliphatic carbocycles. The summed E-state index contributed by atoms with van der Waals surface area (Å²) in [7, 11) is 0. The molecular weight excluding hydrogens is 499 g/mol. The number of hydrogen-bond donors (Lipinski definition) is 2. The van der Waals surface area contributed by atoms with Crippen molar-refractivity contribution in [2.75, 3.05) is 0 Å². The predicted molar refractivity (Wildman–Crippen MR) is 121 cm³/mol. The van der Waals surface area contributed by atoms with Crippen LogP contribution >= 0.6 is 0 Å². The van der Waals surface area contributed by atoms with Gasteiger partial charge in [-0.25, -0.2) is 4.98 Å². The topological polar surface area (TPSA) is 70.9 Å². The minimum atomic E-state index is -0.140. The molecule has 0 aromatic heterocycles. The van der Waals surface area contributed by atoms with Crippen LogP contribution in [0.1, 0.15) is 16.8 Å². The van der Waals surface area contributed by atoms with Gasteiger partial charge >= 0.3 is 27.3 Å². The number of imidazole rings is 1. The molecule has 3 aromatic carbocycles. The van der Waals surface area contributed by atoms with E-state index in [0.717, 1.165) is 16.8 Å². The van der Waals surface area contributed by atoms with E-state index in [4.69, 9.17) is 0 Å². The normalized spacial score (nSPS) is 10.2. The second kappa shape index (κ2) is 10.9. The molecule has 0 unspecified atom stereocenters. The summed E-state index contributed by atoms with van der Waals surface area (Å²) in [4.78, 5) is 20.0. The molecule has 0 amide bonds. The summed E-state index contributed by atoms with van der Waals surface area (Å²) in [5.41, 5.74) is 4.26. The van der Waals surface area contributed by atoms with Gasteiger partial charge in [0.15, 0.2) is 0 Å². The minimum absolute atomic E-state index is 0. The van der Waals surface area contributed by atoms with Crippen LogP contribution in [0.2, 0.25) is 0 Å². The van der Waals surface area contributed by atoms with Gasteiger partial charge in [-0.1, -0.05) is 60.6 Å². The van der Waals surface area contributed by atoms with Crippen molar-refractivity contribution in [3.8, 4) is 22.8 Å². The van der Waals surface area contributed by atoms with Gasteiger partial charge in [-0.2, -0.15) is 35.9 Å². The largest absolute Gasteiger partial charge is 2.00 e.